The molecule has 1 aliphatic heterocycles. The van der Waals surface area contributed by atoms with E-state index in [4.69, 9.17) is 19.6 Å². The molecule has 0 unspecified atom stereocenters. The van der Waals surface area contributed by atoms with Gasteiger partial charge in [0.2, 0.25) is 0 Å². The summed E-state index contributed by atoms with van der Waals surface area (Å²) in [7, 11) is 0. The van der Waals surface area contributed by atoms with Crippen LogP contribution in [0.4, 0.5) is 5.69 Å². The van der Waals surface area contributed by atoms with Gasteiger partial charge in [-0.25, -0.2) is 19.6 Å². The van der Waals surface area contributed by atoms with Gasteiger partial charge in [-0.1, -0.05) is 36.4 Å². The highest BCUT2D eigenvalue weighted by molar-refractivity contribution is 5.73. The minimum Gasteiger partial charge on any atom is -0.264 e. The van der Waals surface area contributed by atoms with Gasteiger partial charge in [0, 0.05) is 29.1 Å². The van der Waals surface area contributed by atoms with E-state index in [0.717, 1.165) is 51.5 Å². The number of anilines is 1. The van der Waals surface area contributed by atoms with Crippen LogP contribution in [0.1, 0.15) is 71.8 Å². The van der Waals surface area contributed by atoms with Crippen LogP contribution in [0.25, 0.3) is 33.9 Å². The Bertz CT molecular complexity index is 1610. The minimum absolute atomic E-state index is 0.383. The lowest BCUT2D eigenvalue weighted by Crippen LogP contribution is -2.48. The molecule has 0 N–H and O–H groups in total. The number of hydrogen-bond acceptors (Lipinski definition) is 6. The quantitative estimate of drug-likeness (QED) is 0.239. The van der Waals surface area contributed by atoms with Crippen LogP contribution in [0.15, 0.2) is 79.1 Å². The Morgan fingerprint density at radius 2 is 1.28 bits per heavy atom. The first-order valence-corrected chi connectivity index (χ1v) is 15.9. The van der Waals surface area contributed by atoms with E-state index in [-0.39, 0.29) is 0 Å². The predicted molar refractivity (Wildman–Crippen MR) is 169 cm³/mol. The maximum atomic E-state index is 6.20. The summed E-state index contributed by atoms with van der Waals surface area (Å²) in [6.07, 6.45) is 12.1. The molecule has 6 nitrogen and oxygen atoms in total. The lowest BCUT2D eigenvalue weighted by atomic mass is 9.48. The van der Waals surface area contributed by atoms with Crippen LogP contribution in [0.3, 0.4) is 0 Å². The Balaban J connectivity index is 1.16. The third kappa shape index (κ3) is 4.67. The summed E-state index contributed by atoms with van der Waals surface area (Å²) in [6.45, 7) is 8.18. The van der Waals surface area contributed by atoms with Crippen molar-refractivity contribution in [2.45, 2.75) is 82.8 Å². The lowest BCUT2D eigenvalue weighted by Gasteiger charge is -2.57. The maximum Gasteiger partial charge on any atom is 0.161 e. The van der Waals surface area contributed by atoms with Crippen LogP contribution in [-0.4, -0.2) is 26.2 Å². The molecule has 4 saturated carbocycles. The van der Waals surface area contributed by atoms with Gasteiger partial charge in [0.25, 0.3) is 0 Å². The van der Waals surface area contributed by atoms with Gasteiger partial charge in [-0.3, -0.25) is 4.98 Å². The SMILES string of the molecule is CC1(C)ON(c2cccc(-c3cc(-c4ccc(C56CC7CC(CC(C7)C5)C6)cc4)nc(-c4cccnc4)n3)c2)OC1(C)C. The molecular formula is C37H40N4O2. The molecule has 9 rings (SSSR count). The van der Waals surface area contributed by atoms with E-state index in [1.807, 2.05) is 58.2 Å². The van der Waals surface area contributed by atoms with Gasteiger partial charge in [-0.15, -0.1) is 5.23 Å². The van der Waals surface area contributed by atoms with E-state index in [2.05, 4.69) is 47.4 Å². The molecule has 4 bridgehead atoms. The highest BCUT2D eigenvalue weighted by atomic mass is 17.0. The number of aromatic nitrogens is 3. The smallest absolute Gasteiger partial charge is 0.161 e. The van der Waals surface area contributed by atoms with Crippen molar-refractivity contribution in [2.75, 3.05) is 5.23 Å². The number of rotatable bonds is 5. The zero-order valence-corrected chi connectivity index (χ0v) is 25.6. The van der Waals surface area contributed by atoms with Crippen LogP contribution in [0.2, 0.25) is 0 Å². The van der Waals surface area contributed by atoms with E-state index in [9.17, 15) is 0 Å². The maximum absolute atomic E-state index is 6.20. The van der Waals surface area contributed by atoms with Crippen molar-refractivity contribution >= 4 is 5.69 Å². The van der Waals surface area contributed by atoms with Crippen LogP contribution >= 0.6 is 0 Å². The summed E-state index contributed by atoms with van der Waals surface area (Å²) >= 11 is 0. The average Bonchev–Trinajstić information content (AvgIpc) is 3.23. The van der Waals surface area contributed by atoms with E-state index in [0.29, 0.717) is 11.2 Å². The summed E-state index contributed by atoms with van der Waals surface area (Å²) in [5.74, 6) is 3.46. The molecule has 0 atom stereocenters. The Kier molecular flexibility index (Phi) is 6.08. The van der Waals surface area contributed by atoms with Crippen molar-refractivity contribution in [1.82, 2.24) is 15.0 Å². The van der Waals surface area contributed by atoms with Gasteiger partial charge in [-0.2, -0.15) is 0 Å². The highest BCUT2D eigenvalue weighted by Crippen LogP contribution is 2.60. The first kappa shape index (κ1) is 27.0. The third-order valence-electron chi connectivity index (χ3n) is 10.9. The Hall–Kier alpha value is -3.61. The third-order valence-corrected chi connectivity index (χ3v) is 10.9. The molecule has 220 valence electrons. The second-order valence-electron chi connectivity index (χ2n) is 14.5. The van der Waals surface area contributed by atoms with Crippen LogP contribution in [0, 0.1) is 17.8 Å². The van der Waals surface area contributed by atoms with Crippen molar-refractivity contribution in [3.63, 3.8) is 0 Å². The largest absolute Gasteiger partial charge is 0.264 e. The fourth-order valence-corrected chi connectivity index (χ4v) is 8.36. The molecule has 5 fully saturated rings. The molecule has 4 aromatic rings. The van der Waals surface area contributed by atoms with Gasteiger partial charge in [0.15, 0.2) is 5.82 Å². The first-order valence-electron chi connectivity index (χ1n) is 15.9. The van der Waals surface area contributed by atoms with Gasteiger partial charge in [0.05, 0.1) is 17.1 Å². The zero-order chi connectivity index (χ0) is 29.4. The second-order valence-corrected chi connectivity index (χ2v) is 14.5. The molecule has 4 aliphatic carbocycles. The molecule has 0 spiro atoms. The molecule has 43 heavy (non-hydrogen) atoms. The lowest BCUT2D eigenvalue weighted by molar-refractivity contribution is -0.0272. The summed E-state index contributed by atoms with van der Waals surface area (Å²) in [5.41, 5.74) is 6.49. The topological polar surface area (TPSA) is 60.4 Å². The predicted octanol–water partition coefficient (Wildman–Crippen LogP) is 8.58. The monoisotopic (exact) mass is 572 g/mol. The van der Waals surface area contributed by atoms with E-state index in [1.54, 1.807) is 6.20 Å². The fourth-order valence-electron chi connectivity index (χ4n) is 8.36. The molecule has 1 saturated heterocycles. The van der Waals surface area contributed by atoms with Gasteiger partial charge < -0.3 is 0 Å². The minimum atomic E-state index is -0.471. The molecule has 2 aromatic heterocycles. The van der Waals surface area contributed by atoms with Crippen molar-refractivity contribution in [2.24, 2.45) is 17.8 Å². The number of nitrogens with zero attached hydrogens (tertiary/aromatic N) is 4. The molecule has 0 amide bonds. The van der Waals surface area contributed by atoms with E-state index < -0.39 is 11.2 Å². The summed E-state index contributed by atoms with van der Waals surface area (Å²) in [4.78, 5) is 26.8. The normalized spacial score (nSPS) is 28.4. The number of hydrogen-bond donors (Lipinski definition) is 0. The highest BCUT2D eigenvalue weighted by Gasteiger charge is 2.52. The van der Waals surface area contributed by atoms with Crippen molar-refractivity contribution in [1.29, 1.82) is 0 Å². The van der Waals surface area contributed by atoms with Gasteiger partial charge in [0.1, 0.15) is 11.2 Å². The van der Waals surface area contributed by atoms with Crippen LogP contribution < -0.4 is 5.23 Å². The summed E-state index contributed by atoms with van der Waals surface area (Å²) in [5, 5.41) is 1.54. The standard InChI is InChI=1S/C37H40N4O2/c1-35(2)36(3,4)43-41(42-35)31-9-5-7-28(18-31)33-19-32(39-34(40-33)29-8-6-14-38-23-29)27-10-12-30(13-11-27)37-20-24-15-25(21-37)17-26(16-24)22-37/h5-14,18-19,23-26H,15-17,20-22H2,1-4H3. The average molecular weight is 573 g/mol. The van der Waals surface area contributed by atoms with Crippen LogP contribution in [-0.2, 0) is 15.1 Å². The molecule has 2 aromatic carbocycles. The second kappa shape index (κ2) is 9.70. The van der Waals surface area contributed by atoms with E-state index >= 15 is 0 Å². The fraction of sp³-hybridized carbons (Fsp3) is 0.432. The van der Waals surface area contributed by atoms with Crippen LogP contribution in [0.5, 0.6) is 0 Å². The Labute approximate surface area is 254 Å². The van der Waals surface area contributed by atoms with Gasteiger partial charge in [-0.05, 0) is 125 Å². The number of benzene rings is 2. The molecular weight excluding hydrogens is 532 g/mol. The number of pyridine rings is 1. The molecule has 6 heteroatoms. The van der Waals surface area contributed by atoms with Crippen molar-refractivity contribution < 1.29 is 9.68 Å². The summed E-state index contributed by atoms with van der Waals surface area (Å²) < 4.78 is 0. The Morgan fingerprint density at radius 3 is 1.88 bits per heavy atom. The van der Waals surface area contributed by atoms with E-state index in [1.165, 1.54) is 49.3 Å². The van der Waals surface area contributed by atoms with Gasteiger partial charge >= 0.3 is 0 Å². The first-order chi connectivity index (χ1) is 20.7. The Morgan fingerprint density at radius 1 is 0.674 bits per heavy atom. The van der Waals surface area contributed by atoms with Crippen molar-refractivity contribution in [3.05, 3.63) is 84.7 Å². The molecule has 5 aliphatic rings. The molecule has 3 heterocycles. The molecule has 0 radical (unpaired) electrons. The zero-order valence-electron chi connectivity index (χ0n) is 25.6. The van der Waals surface area contributed by atoms with Crippen molar-refractivity contribution in [3.8, 4) is 33.9 Å². The summed E-state index contributed by atoms with van der Waals surface area (Å²) in [6, 6.07) is 23.5.